The highest BCUT2D eigenvalue weighted by molar-refractivity contribution is 6.31. The molecule has 1 aliphatic heterocycles. The van der Waals surface area contributed by atoms with Crippen LogP contribution in [0.25, 0.3) is 0 Å². The van der Waals surface area contributed by atoms with Crippen LogP contribution in [0.2, 0.25) is 5.02 Å². The largest absolute Gasteiger partial charge is 0.364 e. The average molecular weight is 298 g/mol. The summed E-state index contributed by atoms with van der Waals surface area (Å²) in [4.78, 5) is 0. The van der Waals surface area contributed by atoms with Crippen LogP contribution in [0.5, 0.6) is 0 Å². The molecule has 4 heteroatoms. The standard InChI is InChI=1S/C16H21ClFNO/c1-11-4-6-16(7-5-11)10-19-9-15(20-16)13-3-2-12(18)8-14(13)17/h2-3,8,11,15,19H,4-7,9-10H2,1H3. The second-order valence-electron chi connectivity index (χ2n) is 6.27. The summed E-state index contributed by atoms with van der Waals surface area (Å²) in [7, 11) is 0. The summed E-state index contributed by atoms with van der Waals surface area (Å²) in [6, 6.07) is 4.56. The average Bonchev–Trinajstić information content (AvgIpc) is 2.43. The Balaban J connectivity index is 1.78. The van der Waals surface area contributed by atoms with Crippen molar-refractivity contribution in [3.63, 3.8) is 0 Å². The second kappa shape index (κ2) is 5.63. The molecule has 1 atom stereocenters. The molecule has 1 saturated heterocycles. The number of hydrogen-bond donors (Lipinski definition) is 1. The van der Waals surface area contributed by atoms with Crippen LogP contribution < -0.4 is 5.32 Å². The van der Waals surface area contributed by atoms with Crippen LogP contribution in [0, 0.1) is 11.7 Å². The molecule has 1 unspecified atom stereocenters. The van der Waals surface area contributed by atoms with Crippen molar-refractivity contribution in [2.24, 2.45) is 5.92 Å². The van der Waals surface area contributed by atoms with Gasteiger partial charge in [-0.3, -0.25) is 0 Å². The normalized spacial score (nSPS) is 34.4. The summed E-state index contributed by atoms with van der Waals surface area (Å²) < 4.78 is 19.6. The van der Waals surface area contributed by atoms with Crippen LogP contribution >= 0.6 is 11.6 Å². The van der Waals surface area contributed by atoms with Crippen molar-refractivity contribution in [1.29, 1.82) is 0 Å². The monoisotopic (exact) mass is 297 g/mol. The van der Waals surface area contributed by atoms with E-state index >= 15 is 0 Å². The van der Waals surface area contributed by atoms with E-state index in [1.807, 2.05) is 0 Å². The molecule has 1 aliphatic carbocycles. The fourth-order valence-electron chi connectivity index (χ4n) is 3.34. The minimum absolute atomic E-state index is 0.0624. The van der Waals surface area contributed by atoms with E-state index in [0.717, 1.165) is 37.4 Å². The van der Waals surface area contributed by atoms with E-state index in [-0.39, 0.29) is 17.5 Å². The zero-order valence-corrected chi connectivity index (χ0v) is 12.5. The summed E-state index contributed by atoms with van der Waals surface area (Å²) in [5.41, 5.74) is 0.825. The molecule has 0 radical (unpaired) electrons. The smallest absolute Gasteiger partial charge is 0.124 e. The quantitative estimate of drug-likeness (QED) is 0.843. The van der Waals surface area contributed by atoms with Crippen LogP contribution in [0.1, 0.15) is 44.3 Å². The third-order valence-electron chi connectivity index (χ3n) is 4.66. The van der Waals surface area contributed by atoms with E-state index in [2.05, 4.69) is 12.2 Å². The van der Waals surface area contributed by atoms with Crippen molar-refractivity contribution in [2.45, 2.75) is 44.3 Å². The molecule has 0 aromatic heterocycles. The Morgan fingerprint density at radius 3 is 2.80 bits per heavy atom. The summed E-state index contributed by atoms with van der Waals surface area (Å²) in [5, 5.41) is 3.93. The van der Waals surface area contributed by atoms with Crippen LogP contribution in [0.15, 0.2) is 18.2 Å². The molecule has 2 aliphatic rings. The first kappa shape index (κ1) is 14.3. The van der Waals surface area contributed by atoms with Gasteiger partial charge in [0.2, 0.25) is 0 Å². The SMILES string of the molecule is CC1CCC2(CC1)CNCC(c1ccc(F)cc1Cl)O2. The molecular formula is C16H21ClFNO. The molecule has 1 saturated carbocycles. The van der Waals surface area contributed by atoms with Crippen LogP contribution in [0.4, 0.5) is 4.39 Å². The molecular weight excluding hydrogens is 277 g/mol. The number of hydrogen-bond acceptors (Lipinski definition) is 2. The number of rotatable bonds is 1. The zero-order valence-electron chi connectivity index (χ0n) is 11.8. The molecule has 1 heterocycles. The maximum absolute atomic E-state index is 13.2. The molecule has 3 rings (SSSR count). The van der Waals surface area contributed by atoms with Gasteiger partial charge in [0.1, 0.15) is 5.82 Å². The van der Waals surface area contributed by atoms with Crippen molar-refractivity contribution in [1.82, 2.24) is 5.32 Å². The van der Waals surface area contributed by atoms with Gasteiger partial charge in [0.05, 0.1) is 11.7 Å². The minimum atomic E-state index is -0.302. The Hall–Kier alpha value is -0.640. The molecule has 110 valence electrons. The topological polar surface area (TPSA) is 21.3 Å². The summed E-state index contributed by atoms with van der Waals surface area (Å²) >= 11 is 6.17. The molecule has 1 spiro atoms. The Morgan fingerprint density at radius 2 is 2.10 bits per heavy atom. The number of morpholine rings is 1. The van der Waals surface area contributed by atoms with Gasteiger partial charge in [0.15, 0.2) is 0 Å². The lowest BCUT2D eigenvalue weighted by Crippen LogP contribution is -2.52. The third-order valence-corrected chi connectivity index (χ3v) is 4.99. The first-order valence-corrected chi connectivity index (χ1v) is 7.79. The molecule has 1 N–H and O–H groups in total. The van der Waals surface area contributed by atoms with Gasteiger partial charge in [-0.25, -0.2) is 4.39 Å². The number of ether oxygens (including phenoxy) is 1. The number of nitrogens with one attached hydrogen (secondary N) is 1. The van der Waals surface area contributed by atoms with Gasteiger partial charge in [-0.05, 0) is 43.7 Å². The van der Waals surface area contributed by atoms with Gasteiger partial charge >= 0.3 is 0 Å². The highest BCUT2D eigenvalue weighted by Gasteiger charge is 2.40. The fourth-order valence-corrected chi connectivity index (χ4v) is 3.62. The summed E-state index contributed by atoms with van der Waals surface area (Å²) in [6.07, 6.45) is 4.54. The van der Waals surface area contributed by atoms with Gasteiger partial charge < -0.3 is 10.1 Å². The zero-order chi connectivity index (χ0) is 14.2. The van der Waals surface area contributed by atoms with E-state index < -0.39 is 0 Å². The van der Waals surface area contributed by atoms with Crippen molar-refractivity contribution in [2.75, 3.05) is 13.1 Å². The maximum atomic E-state index is 13.2. The Kier molecular flexibility index (Phi) is 4.02. The first-order chi connectivity index (χ1) is 9.58. The van der Waals surface area contributed by atoms with Gasteiger partial charge in [-0.15, -0.1) is 0 Å². The minimum Gasteiger partial charge on any atom is -0.364 e. The van der Waals surface area contributed by atoms with Gasteiger partial charge in [-0.2, -0.15) is 0 Å². The van der Waals surface area contributed by atoms with Crippen LogP contribution in [-0.4, -0.2) is 18.7 Å². The predicted molar refractivity (Wildman–Crippen MR) is 78.5 cm³/mol. The molecule has 1 aromatic rings. The molecule has 2 fully saturated rings. The molecule has 20 heavy (non-hydrogen) atoms. The molecule has 0 amide bonds. The third kappa shape index (κ3) is 2.85. The lowest BCUT2D eigenvalue weighted by Gasteiger charge is -2.45. The van der Waals surface area contributed by atoms with Crippen molar-refractivity contribution >= 4 is 11.6 Å². The van der Waals surface area contributed by atoms with E-state index in [4.69, 9.17) is 16.3 Å². The molecule has 0 bridgehead atoms. The van der Waals surface area contributed by atoms with Gasteiger partial charge in [-0.1, -0.05) is 24.6 Å². The lowest BCUT2D eigenvalue weighted by molar-refractivity contribution is -0.140. The van der Waals surface area contributed by atoms with E-state index in [0.29, 0.717) is 5.02 Å². The summed E-state index contributed by atoms with van der Waals surface area (Å²) in [6.45, 7) is 3.95. The van der Waals surface area contributed by atoms with E-state index in [9.17, 15) is 4.39 Å². The Bertz CT molecular complexity index is 485. The Morgan fingerprint density at radius 1 is 1.35 bits per heavy atom. The Labute approximate surface area is 124 Å². The molecule has 1 aromatic carbocycles. The van der Waals surface area contributed by atoms with Crippen LogP contribution in [0.3, 0.4) is 0 Å². The van der Waals surface area contributed by atoms with Crippen LogP contribution in [-0.2, 0) is 4.74 Å². The summed E-state index contributed by atoms with van der Waals surface area (Å²) in [5.74, 6) is 0.489. The first-order valence-electron chi connectivity index (χ1n) is 7.41. The lowest BCUT2D eigenvalue weighted by atomic mass is 9.78. The molecule has 2 nitrogen and oxygen atoms in total. The van der Waals surface area contributed by atoms with Crippen molar-refractivity contribution < 1.29 is 9.13 Å². The predicted octanol–water partition coefficient (Wildman–Crippen LogP) is 4.09. The van der Waals surface area contributed by atoms with Gasteiger partial charge in [0.25, 0.3) is 0 Å². The number of benzene rings is 1. The highest BCUT2D eigenvalue weighted by Crippen LogP contribution is 2.40. The van der Waals surface area contributed by atoms with E-state index in [1.165, 1.54) is 25.0 Å². The maximum Gasteiger partial charge on any atom is 0.124 e. The number of halogens is 2. The highest BCUT2D eigenvalue weighted by atomic mass is 35.5. The second-order valence-corrected chi connectivity index (χ2v) is 6.68. The fraction of sp³-hybridized carbons (Fsp3) is 0.625. The van der Waals surface area contributed by atoms with Gasteiger partial charge in [0, 0.05) is 23.7 Å². The van der Waals surface area contributed by atoms with Crippen molar-refractivity contribution in [3.05, 3.63) is 34.6 Å². The van der Waals surface area contributed by atoms with Crippen molar-refractivity contribution in [3.8, 4) is 0 Å². The van der Waals surface area contributed by atoms with E-state index in [1.54, 1.807) is 6.07 Å².